The second kappa shape index (κ2) is 6.71. The van der Waals surface area contributed by atoms with Crippen LogP contribution < -0.4 is 5.32 Å². The lowest BCUT2D eigenvalue weighted by molar-refractivity contribution is -0.384. The molecule has 0 aliphatic heterocycles. The van der Waals surface area contributed by atoms with E-state index in [4.69, 9.17) is 11.6 Å². The number of nitro groups is 1. The van der Waals surface area contributed by atoms with Crippen molar-refractivity contribution in [1.82, 2.24) is 5.32 Å². The molecule has 5 heteroatoms. The average Bonchev–Trinajstić information content (AvgIpc) is 2.26. The van der Waals surface area contributed by atoms with Gasteiger partial charge in [-0.1, -0.05) is 25.4 Å². The third kappa shape index (κ3) is 4.63. The van der Waals surface area contributed by atoms with E-state index in [1.54, 1.807) is 6.07 Å². The van der Waals surface area contributed by atoms with Gasteiger partial charge in [0.15, 0.2) is 0 Å². The number of hydrogen-bond donors (Lipinski definition) is 1. The van der Waals surface area contributed by atoms with Gasteiger partial charge in [0, 0.05) is 29.7 Å². The second-order valence-corrected chi connectivity index (χ2v) is 5.35. The Hall–Kier alpha value is -1.13. The van der Waals surface area contributed by atoms with Crippen LogP contribution in [0.3, 0.4) is 0 Å². The summed E-state index contributed by atoms with van der Waals surface area (Å²) in [7, 11) is 0. The summed E-state index contributed by atoms with van der Waals surface area (Å²) in [5.74, 6) is 0.619. The molecule has 0 saturated heterocycles. The summed E-state index contributed by atoms with van der Waals surface area (Å²) in [6.45, 7) is 6.98. The lowest BCUT2D eigenvalue weighted by Crippen LogP contribution is -2.27. The van der Waals surface area contributed by atoms with E-state index in [9.17, 15) is 10.1 Å². The van der Waals surface area contributed by atoms with E-state index >= 15 is 0 Å². The topological polar surface area (TPSA) is 55.2 Å². The van der Waals surface area contributed by atoms with Crippen molar-refractivity contribution in [2.45, 2.75) is 39.8 Å². The fourth-order valence-corrected chi connectivity index (χ4v) is 2.07. The van der Waals surface area contributed by atoms with E-state index in [1.165, 1.54) is 12.1 Å². The SMILES string of the molecule is CC(C)CC(C)NCc1cc([N+](=O)[O-])ccc1Cl. The van der Waals surface area contributed by atoms with Gasteiger partial charge in [0.05, 0.1) is 4.92 Å². The third-order valence-electron chi connectivity index (χ3n) is 2.71. The molecule has 1 N–H and O–H groups in total. The van der Waals surface area contributed by atoms with Gasteiger partial charge in [-0.05, 0) is 30.9 Å². The van der Waals surface area contributed by atoms with Crippen molar-refractivity contribution in [3.05, 3.63) is 38.9 Å². The molecule has 0 aliphatic carbocycles. The largest absolute Gasteiger partial charge is 0.310 e. The minimum atomic E-state index is -0.405. The zero-order valence-corrected chi connectivity index (χ0v) is 11.7. The van der Waals surface area contributed by atoms with Crippen LogP contribution in [0.5, 0.6) is 0 Å². The van der Waals surface area contributed by atoms with Crippen LogP contribution >= 0.6 is 11.6 Å². The summed E-state index contributed by atoms with van der Waals surface area (Å²) in [5, 5.41) is 14.6. The Morgan fingerprint density at radius 1 is 1.39 bits per heavy atom. The Bertz CT molecular complexity index is 421. The summed E-state index contributed by atoms with van der Waals surface area (Å²) < 4.78 is 0. The van der Waals surface area contributed by atoms with Crippen LogP contribution in [0, 0.1) is 16.0 Å². The molecule has 0 heterocycles. The summed E-state index contributed by atoms with van der Waals surface area (Å²) in [6, 6.07) is 4.88. The van der Waals surface area contributed by atoms with Gasteiger partial charge >= 0.3 is 0 Å². The van der Waals surface area contributed by atoms with Crippen LogP contribution in [-0.4, -0.2) is 11.0 Å². The van der Waals surface area contributed by atoms with Gasteiger partial charge < -0.3 is 5.32 Å². The highest BCUT2D eigenvalue weighted by Gasteiger charge is 2.11. The number of halogens is 1. The zero-order chi connectivity index (χ0) is 13.7. The molecule has 0 saturated carbocycles. The Balaban J connectivity index is 2.66. The van der Waals surface area contributed by atoms with E-state index in [-0.39, 0.29) is 5.69 Å². The quantitative estimate of drug-likeness (QED) is 0.632. The van der Waals surface area contributed by atoms with Crippen LogP contribution in [-0.2, 0) is 6.54 Å². The van der Waals surface area contributed by atoms with E-state index in [1.807, 2.05) is 0 Å². The van der Waals surface area contributed by atoms with E-state index in [0.717, 1.165) is 12.0 Å². The maximum absolute atomic E-state index is 10.7. The molecule has 1 rings (SSSR count). The van der Waals surface area contributed by atoms with Gasteiger partial charge in [0.25, 0.3) is 5.69 Å². The minimum Gasteiger partial charge on any atom is -0.310 e. The summed E-state index contributed by atoms with van der Waals surface area (Å²) >= 11 is 6.03. The number of nitrogens with one attached hydrogen (secondary N) is 1. The fraction of sp³-hybridized carbons (Fsp3) is 0.538. The monoisotopic (exact) mass is 270 g/mol. The lowest BCUT2D eigenvalue weighted by atomic mass is 10.0. The highest BCUT2D eigenvalue weighted by molar-refractivity contribution is 6.31. The molecule has 1 aromatic rings. The van der Waals surface area contributed by atoms with Crippen LogP contribution in [0.25, 0.3) is 0 Å². The third-order valence-corrected chi connectivity index (χ3v) is 3.07. The molecular weight excluding hydrogens is 252 g/mol. The molecular formula is C13H19ClN2O2. The molecule has 1 unspecified atom stereocenters. The Kier molecular flexibility index (Phi) is 5.56. The minimum absolute atomic E-state index is 0.0766. The average molecular weight is 271 g/mol. The first-order valence-corrected chi connectivity index (χ1v) is 6.44. The molecule has 0 spiro atoms. The van der Waals surface area contributed by atoms with Crippen molar-refractivity contribution in [3.63, 3.8) is 0 Å². The predicted octanol–water partition coefficient (Wildman–Crippen LogP) is 3.77. The summed E-state index contributed by atoms with van der Waals surface area (Å²) in [4.78, 5) is 10.3. The number of nitrogens with zero attached hydrogens (tertiary/aromatic N) is 1. The molecule has 0 fully saturated rings. The number of rotatable bonds is 6. The van der Waals surface area contributed by atoms with Crippen LogP contribution in [0.1, 0.15) is 32.8 Å². The molecule has 0 aromatic heterocycles. The molecule has 100 valence electrons. The summed E-state index contributed by atoms with van der Waals surface area (Å²) in [6.07, 6.45) is 1.06. The molecule has 1 atom stereocenters. The highest BCUT2D eigenvalue weighted by Crippen LogP contribution is 2.22. The summed E-state index contributed by atoms with van der Waals surface area (Å²) in [5.41, 5.74) is 0.842. The maximum atomic E-state index is 10.7. The predicted molar refractivity (Wildman–Crippen MR) is 73.9 cm³/mol. The fourth-order valence-electron chi connectivity index (χ4n) is 1.88. The van der Waals surface area contributed by atoms with Gasteiger partial charge in [0.1, 0.15) is 0 Å². The van der Waals surface area contributed by atoms with Crippen molar-refractivity contribution in [2.75, 3.05) is 0 Å². The number of hydrogen-bond acceptors (Lipinski definition) is 3. The smallest absolute Gasteiger partial charge is 0.269 e. The first-order chi connectivity index (χ1) is 8.40. The van der Waals surface area contributed by atoms with E-state index < -0.39 is 4.92 Å². The van der Waals surface area contributed by atoms with Crippen molar-refractivity contribution in [2.24, 2.45) is 5.92 Å². The first kappa shape index (κ1) is 14.9. The van der Waals surface area contributed by atoms with Gasteiger partial charge in [-0.25, -0.2) is 0 Å². The van der Waals surface area contributed by atoms with Crippen molar-refractivity contribution >= 4 is 17.3 Å². The highest BCUT2D eigenvalue weighted by atomic mass is 35.5. The molecule has 4 nitrogen and oxygen atoms in total. The molecule has 18 heavy (non-hydrogen) atoms. The van der Waals surface area contributed by atoms with Crippen molar-refractivity contribution in [1.29, 1.82) is 0 Å². The van der Waals surface area contributed by atoms with Crippen LogP contribution in [0.4, 0.5) is 5.69 Å². The standard InChI is InChI=1S/C13H19ClN2O2/c1-9(2)6-10(3)15-8-11-7-12(16(17)18)4-5-13(11)14/h4-5,7,9-10,15H,6,8H2,1-3H3. The lowest BCUT2D eigenvalue weighted by Gasteiger charge is -2.16. The Morgan fingerprint density at radius 2 is 2.06 bits per heavy atom. The molecule has 0 amide bonds. The molecule has 0 aliphatic rings. The van der Waals surface area contributed by atoms with Gasteiger partial charge in [-0.2, -0.15) is 0 Å². The maximum Gasteiger partial charge on any atom is 0.269 e. The number of non-ortho nitro benzene ring substituents is 1. The number of benzene rings is 1. The molecule has 0 bridgehead atoms. The normalized spacial score (nSPS) is 12.7. The molecule has 0 radical (unpaired) electrons. The zero-order valence-electron chi connectivity index (χ0n) is 10.9. The van der Waals surface area contributed by atoms with Gasteiger partial charge in [-0.15, -0.1) is 0 Å². The van der Waals surface area contributed by atoms with Crippen molar-refractivity contribution < 1.29 is 4.92 Å². The Morgan fingerprint density at radius 3 is 2.61 bits per heavy atom. The van der Waals surface area contributed by atoms with Crippen LogP contribution in [0.15, 0.2) is 18.2 Å². The van der Waals surface area contributed by atoms with Gasteiger partial charge in [-0.3, -0.25) is 10.1 Å². The second-order valence-electron chi connectivity index (χ2n) is 4.94. The van der Waals surface area contributed by atoms with Crippen LogP contribution in [0.2, 0.25) is 5.02 Å². The molecule has 1 aromatic carbocycles. The van der Waals surface area contributed by atoms with E-state index in [0.29, 0.717) is 23.5 Å². The Labute approximate surface area is 112 Å². The van der Waals surface area contributed by atoms with Crippen molar-refractivity contribution in [3.8, 4) is 0 Å². The first-order valence-electron chi connectivity index (χ1n) is 6.06. The van der Waals surface area contributed by atoms with E-state index in [2.05, 4.69) is 26.1 Å². The number of nitro benzene ring substituents is 1. The van der Waals surface area contributed by atoms with Gasteiger partial charge in [0.2, 0.25) is 0 Å².